The topological polar surface area (TPSA) is 139 Å². The van der Waals surface area contributed by atoms with Crippen LogP contribution in [-0.2, 0) is 24.1 Å². The van der Waals surface area contributed by atoms with E-state index in [-0.39, 0.29) is 46.6 Å². The van der Waals surface area contributed by atoms with Gasteiger partial charge >= 0.3 is 5.97 Å². The third-order valence-electron chi connectivity index (χ3n) is 4.19. The molecule has 2 N–H and O–H groups in total. The lowest BCUT2D eigenvalue weighted by Crippen LogP contribution is -2.27. The highest BCUT2D eigenvalue weighted by atomic mass is 32.2. The summed E-state index contributed by atoms with van der Waals surface area (Å²) in [6.45, 7) is 1.68. The number of hydrogen-bond donors (Lipinski definition) is 1. The average molecular weight is 380 g/mol. The van der Waals surface area contributed by atoms with Crippen LogP contribution in [0.3, 0.4) is 0 Å². The van der Waals surface area contributed by atoms with Crippen molar-refractivity contribution in [2.75, 3.05) is 12.4 Å². The number of non-ortho nitro benzene ring substituents is 1. The highest BCUT2D eigenvalue weighted by molar-refractivity contribution is 7.95. The number of nitro groups is 1. The van der Waals surface area contributed by atoms with E-state index in [0.717, 1.165) is 0 Å². The maximum atomic E-state index is 12.5. The van der Waals surface area contributed by atoms with Crippen LogP contribution in [0.15, 0.2) is 46.4 Å². The fourth-order valence-electron chi connectivity index (χ4n) is 3.07. The van der Waals surface area contributed by atoms with Gasteiger partial charge in [-0.15, -0.1) is 0 Å². The normalized spacial score (nSPS) is 21.2. The van der Waals surface area contributed by atoms with Gasteiger partial charge in [-0.2, -0.15) is 0 Å². The summed E-state index contributed by atoms with van der Waals surface area (Å²) >= 11 is 0. The lowest BCUT2D eigenvalue weighted by Gasteiger charge is -2.27. The maximum absolute atomic E-state index is 12.5. The maximum Gasteiger partial charge on any atom is 0.340 e. The Hall–Kier alpha value is -2.88. The molecule has 9 nitrogen and oxygen atoms in total. The number of nitrogens with two attached hydrogens (primary N) is 1. The molecule has 0 saturated heterocycles. The lowest BCUT2D eigenvalue weighted by molar-refractivity contribution is -0.384. The molecular weight excluding hydrogens is 364 g/mol. The van der Waals surface area contributed by atoms with Gasteiger partial charge in [0.1, 0.15) is 11.3 Å². The van der Waals surface area contributed by atoms with Gasteiger partial charge < -0.3 is 15.2 Å². The third-order valence-corrected chi connectivity index (χ3v) is 6.06. The molecule has 2 aliphatic heterocycles. The van der Waals surface area contributed by atoms with Crippen LogP contribution in [0.1, 0.15) is 24.8 Å². The van der Waals surface area contributed by atoms with Crippen molar-refractivity contribution >= 4 is 21.5 Å². The Morgan fingerprint density at radius 1 is 1.38 bits per heavy atom. The number of carbonyl (C=O) groups excluding carboxylic acids is 1. The van der Waals surface area contributed by atoms with Gasteiger partial charge in [0, 0.05) is 18.6 Å². The van der Waals surface area contributed by atoms with Crippen LogP contribution in [0.4, 0.5) is 5.69 Å². The average Bonchev–Trinajstić information content (AvgIpc) is 2.88. The zero-order chi connectivity index (χ0) is 19.1. The Bertz CT molecular complexity index is 945. The molecule has 0 radical (unpaired) electrons. The Labute approximate surface area is 149 Å². The van der Waals surface area contributed by atoms with Crippen molar-refractivity contribution in [3.8, 4) is 0 Å². The minimum Gasteiger partial charge on any atom is -0.462 e. The molecule has 2 aliphatic rings. The molecule has 1 unspecified atom stereocenters. The summed E-state index contributed by atoms with van der Waals surface area (Å²) in [5.41, 5.74) is 5.98. The number of hydrogen-bond acceptors (Lipinski definition) is 8. The summed E-state index contributed by atoms with van der Waals surface area (Å²) in [7, 11) is -3.65. The predicted molar refractivity (Wildman–Crippen MR) is 90.2 cm³/mol. The number of ether oxygens (including phenoxy) is 2. The molecular formula is C16H16N2O7S. The molecule has 0 bridgehead atoms. The zero-order valence-electron chi connectivity index (χ0n) is 13.8. The molecule has 26 heavy (non-hydrogen) atoms. The van der Waals surface area contributed by atoms with E-state index in [2.05, 4.69) is 0 Å². The number of sulfone groups is 1. The molecule has 0 amide bonds. The number of benzene rings is 1. The number of allylic oxidation sites excluding steroid dienone is 2. The second-order valence-electron chi connectivity index (χ2n) is 5.74. The largest absolute Gasteiger partial charge is 0.462 e. The standard InChI is InChI=1S/C16H16N2O7S/c1-2-24-16(19)13-12(9-3-5-10(6-4-9)18(20)21)14-11(25-15(13)17)7-8-26(14,22)23/h3-6,12H,2,7-8,17H2,1H3. The van der Waals surface area contributed by atoms with Crippen molar-refractivity contribution < 1.29 is 27.6 Å². The Morgan fingerprint density at radius 2 is 2.04 bits per heavy atom. The monoisotopic (exact) mass is 380 g/mol. The Kier molecular flexibility index (Phi) is 4.45. The summed E-state index contributed by atoms with van der Waals surface area (Å²) < 4.78 is 35.4. The summed E-state index contributed by atoms with van der Waals surface area (Å²) in [6, 6.07) is 5.29. The second-order valence-corrected chi connectivity index (χ2v) is 7.82. The van der Waals surface area contributed by atoms with E-state index in [1.807, 2.05) is 0 Å². The van der Waals surface area contributed by atoms with Gasteiger partial charge in [-0.3, -0.25) is 10.1 Å². The molecule has 0 spiro atoms. The summed E-state index contributed by atoms with van der Waals surface area (Å²) in [4.78, 5) is 22.7. The summed E-state index contributed by atoms with van der Waals surface area (Å²) in [5.74, 6) is -1.99. The molecule has 0 aliphatic carbocycles. The molecule has 1 atom stereocenters. The van der Waals surface area contributed by atoms with Gasteiger partial charge in [-0.1, -0.05) is 12.1 Å². The number of nitro benzene ring substituents is 1. The summed E-state index contributed by atoms with van der Waals surface area (Å²) in [6.07, 6.45) is 0.151. The molecule has 0 saturated carbocycles. The Morgan fingerprint density at radius 3 is 2.62 bits per heavy atom. The van der Waals surface area contributed by atoms with E-state index in [4.69, 9.17) is 15.2 Å². The zero-order valence-corrected chi connectivity index (χ0v) is 14.6. The third kappa shape index (κ3) is 2.92. The quantitative estimate of drug-likeness (QED) is 0.471. The van der Waals surface area contributed by atoms with Crippen LogP contribution in [-0.4, -0.2) is 31.7 Å². The van der Waals surface area contributed by atoms with Crippen LogP contribution in [0.5, 0.6) is 0 Å². The van der Waals surface area contributed by atoms with Crippen LogP contribution in [0.25, 0.3) is 0 Å². The van der Waals surface area contributed by atoms with Gasteiger partial charge in [-0.05, 0) is 12.5 Å². The lowest BCUT2D eigenvalue weighted by atomic mass is 9.88. The summed E-state index contributed by atoms with van der Waals surface area (Å²) in [5, 5.41) is 10.9. The van der Waals surface area contributed by atoms with Crippen molar-refractivity contribution in [3.63, 3.8) is 0 Å². The van der Waals surface area contributed by atoms with Gasteiger partial charge in [0.15, 0.2) is 9.84 Å². The van der Waals surface area contributed by atoms with E-state index in [0.29, 0.717) is 5.56 Å². The van der Waals surface area contributed by atoms with Gasteiger partial charge in [0.2, 0.25) is 5.88 Å². The fourth-order valence-corrected chi connectivity index (χ4v) is 4.85. The first-order valence-electron chi connectivity index (χ1n) is 7.81. The van der Waals surface area contributed by atoms with Crippen LogP contribution in [0.2, 0.25) is 0 Å². The molecule has 0 fully saturated rings. The van der Waals surface area contributed by atoms with E-state index >= 15 is 0 Å². The minimum absolute atomic E-state index is 0.0383. The van der Waals surface area contributed by atoms with Crippen molar-refractivity contribution in [2.24, 2.45) is 5.73 Å². The molecule has 0 aromatic heterocycles. The fraction of sp³-hybridized carbons (Fsp3) is 0.312. The number of rotatable bonds is 4. The number of carbonyl (C=O) groups is 1. The van der Waals surface area contributed by atoms with E-state index in [1.165, 1.54) is 24.3 Å². The predicted octanol–water partition coefficient (Wildman–Crippen LogP) is 1.47. The number of nitrogens with zero attached hydrogens (tertiary/aromatic N) is 1. The first kappa shape index (κ1) is 17.9. The highest BCUT2D eigenvalue weighted by Crippen LogP contribution is 2.46. The van der Waals surface area contributed by atoms with Gasteiger partial charge in [0.05, 0.1) is 28.1 Å². The first-order valence-corrected chi connectivity index (χ1v) is 9.46. The van der Waals surface area contributed by atoms with Crippen molar-refractivity contribution in [1.29, 1.82) is 0 Å². The highest BCUT2D eigenvalue weighted by Gasteiger charge is 2.45. The molecule has 138 valence electrons. The van der Waals surface area contributed by atoms with E-state index in [9.17, 15) is 23.3 Å². The van der Waals surface area contributed by atoms with Gasteiger partial charge in [0.25, 0.3) is 5.69 Å². The Balaban J connectivity index is 2.17. The van der Waals surface area contributed by atoms with Crippen LogP contribution >= 0.6 is 0 Å². The molecule has 10 heteroatoms. The van der Waals surface area contributed by atoms with Crippen molar-refractivity contribution in [1.82, 2.24) is 0 Å². The molecule has 3 rings (SSSR count). The van der Waals surface area contributed by atoms with E-state index in [1.54, 1.807) is 6.92 Å². The van der Waals surface area contributed by atoms with Crippen LogP contribution < -0.4 is 5.73 Å². The first-order chi connectivity index (χ1) is 12.3. The molecule has 2 heterocycles. The van der Waals surface area contributed by atoms with E-state index < -0.39 is 26.6 Å². The second kappa shape index (κ2) is 6.45. The SMILES string of the molecule is CCOC(=O)C1=C(N)OC2=C(C1c1ccc([N+](=O)[O-])cc1)S(=O)(=O)CC2. The van der Waals surface area contributed by atoms with Crippen molar-refractivity contribution in [3.05, 3.63) is 62.1 Å². The minimum atomic E-state index is -3.65. The van der Waals surface area contributed by atoms with Crippen molar-refractivity contribution in [2.45, 2.75) is 19.3 Å². The van der Waals surface area contributed by atoms with Crippen LogP contribution in [0, 0.1) is 10.1 Å². The number of esters is 1. The smallest absolute Gasteiger partial charge is 0.340 e. The molecule has 1 aromatic rings. The van der Waals surface area contributed by atoms with Gasteiger partial charge in [-0.25, -0.2) is 13.2 Å². The molecule has 1 aromatic carbocycles.